The lowest BCUT2D eigenvalue weighted by molar-refractivity contribution is -0.917. The smallest absolute Gasteiger partial charge is 0.234 e. The number of rotatable bonds is 5. The highest BCUT2D eigenvalue weighted by atomic mass is 35.5. The zero-order valence-electron chi connectivity index (χ0n) is 16.4. The zero-order chi connectivity index (χ0) is 20.1. The van der Waals surface area contributed by atoms with Crippen LogP contribution in [0.3, 0.4) is 0 Å². The molecule has 4 heteroatoms. The second-order valence-corrected chi connectivity index (χ2v) is 8.07. The molecule has 3 aromatic carbocycles. The van der Waals surface area contributed by atoms with Gasteiger partial charge in [-0.15, -0.1) is 0 Å². The maximum absolute atomic E-state index is 13.5. The van der Waals surface area contributed by atoms with Crippen LogP contribution in [0.15, 0.2) is 84.9 Å². The Morgan fingerprint density at radius 3 is 2.00 bits per heavy atom. The van der Waals surface area contributed by atoms with Crippen molar-refractivity contribution in [3.05, 3.63) is 107 Å². The van der Waals surface area contributed by atoms with Gasteiger partial charge in [-0.2, -0.15) is 0 Å². The summed E-state index contributed by atoms with van der Waals surface area (Å²) in [7, 11) is 0. The third kappa shape index (κ3) is 4.87. The maximum atomic E-state index is 13.5. The van der Waals surface area contributed by atoms with Gasteiger partial charge in [0.05, 0.1) is 32.1 Å². The summed E-state index contributed by atoms with van der Waals surface area (Å²) in [6, 6.07) is 28.3. The predicted molar refractivity (Wildman–Crippen MR) is 117 cm³/mol. The SMILES string of the molecule is O=C(C(c1ccccc1)c1ccccc1)N1CC[NH+](Cc2cccc(Cl)c2)CC1. The van der Waals surface area contributed by atoms with E-state index in [1.54, 1.807) is 0 Å². The minimum absolute atomic E-state index is 0.198. The highest BCUT2D eigenvalue weighted by Crippen LogP contribution is 2.26. The van der Waals surface area contributed by atoms with Gasteiger partial charge in [0.2, 0.25) is 5.91 Å². The molecule has 1 heterocycles. The summed E-state index contributed by atoms with van der Waals surface area (Å²) in [6.07, 6.45) is 0. The van der Waals surface area contributed by atoms with Crippen LogP contribution < -0.4 is 4.90 Å². The molecule has 1 amide bonds. The molecular weight excluding hydrogens is 380 g/mol. The van der Waals surface area contributed by atoms with E-state index >= 15 is 0 Å². The minimum atomic E-state index is -0.244. The van der Waals surface area contributed by atoms with E-state index in [9.17, 15) is 4.79 Å². The fraction of sp³-hybridized carbons (Fsp3) is 0.240. The Morgan fingerprint density at radius 1 is 0.862 bits per heavy atom. The molecule has 0 unspecified atom stereocenters. The zero-order valence-corrected chi connectivity index (χ0v) is 17.2. The maximum Gasteiger partial charge on any atom is 0.234 e. The Balaban J connectivity index is 1.45. The molecule has 3 aromatic rings. The Kier molecular flexibility index (Phi) is 6.28. The van der Waals surface area contributed by atoms with Crippen LogP contribution in [0.1, 0.15) is 22.6 Å². The van der Waals surface area contributed by atoms with Gasteiger partial charge in [-0.3, -0.25) is 4.79 Å². The summed E-state index contributed by atoms with van der Waals surface area (Å²) in [5.41, 5.74) is 3.36. The minimum Gasteiger partial charge on any atom is -0.331 e. The molecule has 1 saturated heterocycles. The number of benzene rings is 3. The number of hydrogen-bond donors (Lipinski definition) is 1. The van der Waals surface area contributed by atoms with Crippen molar-refractivity contribution in [1.82, 2.24) is 4.90 Å². The van der Waals surface area contributed by atoms with E-state index in [0.717, 1.165) is 48.9 Å². The molecule has 4 rings (SSSR count). The molecule has 29 heavy (non-hydrogen) atoms. The molecular formula is C25H26ClN2O+. The average Bonchev–Trinajstić information content (AvgIpc) is 2.76. The van der Waals surface area contributed by atoms with Crippen LogP contribution in [0.4, 0.5) is 0 Å². The van der Waals surface area contributed by atoms with Crippen molar-refractivity contribution < 1.29 is 9.69 Å². The Morgan fingerprint density at radius 2 is 1.45 bits per heavy atom. The van der Waals surface area contributed by atoms with E-state index in [2.05, 4.69) is 30.3 Å². The second-order valence-electron chi connectivity index (χ2n) is 7.64. The highest BCUT2D eigenvalue weighted by Gasteiger charge is 2.31. The molecule has 1 aliphatic heterocycles. The van der Waals surface area contributed by atoms with Crippen LogP contribution in [0.2, 0.25) is 5.02 Å². The van der Waals surface area contributed by atoms with Crippen molar-refractivity contribution >= 4 is 17.5 Å². The molecule has 3 nitrogen and oxygen atoms in total. The van der Waals surface area contributed by atoms with Gasteiger partial charge in [-0.25, -0.2) is 0 Å². The molecule has 1 aliphatic rings. The first-order valence-corrected chi connectivity index (χ1v) is 10.6. The normalized spacial score (nSPS) is 14.9. The van der Waals surface area contributed by atoms with Crippen molar-refractivity contribution in [3.8, 4) is 0 Å². The molecule has 0 bridgehead atoms. The molecule has 0 aromatic heterocycles. The van der Waals surface area contributed by atoms with Crippen molar-refractivity contribution in [2.75, 3.05) is 26.2 Å². The van der Waals surface area contributed by atoms with Gasteiger partial charge >= 0.3 is 0 Å². The molecule has 0 saturated carbocycles. The topological polar surface area (TPSA) is 24.8 Å². The molecule has 1 fully saturated rings. The number of carbonyl (C=O) groups is 1. The first-order chi connectivity index (χ1) is 14.2. The molecule has 1 N–H and O–H groups in total. The van der Waals surface area contributed by atoms with E-state index in [-0.39, 0.29) is 11.8 Å². The van der Waals surface area contributed by atoms with Crippen LogP contribution in [0, 0.1) is 0 Å². The number of nitrogens with one attached hydrogen (secondary N) is 1. The first-order valence-electron chi connectivity index (χ1n) is 10.2. The van der Waals surface area contributed by atoms with Gasteiger partial charge in [0.25, 0.3) is 0 Å². The van der Waals surface area contributed by atoms with E-state index in [1.807, 2.05) is 59.5 Å². The molecule has 148 valence electrons. The van der Waals surface area contributed by atoms with Gasteiger partial charge in [-0.1, -0.05) is 84.4 Å². The summed E-state index contributed by atoms with van der Waals surface area (Å²) in [5.74, 6) is -0.0453. The van der Waals surface area contributed by atoms with Gasteiger partial charge in [-0.05, 0) is 23.3 Å². The summed E-state index contributed by atoms with van der Waals surface area (Å²) in [4.78, 5) is 17.0. The summed E-state index contributed by atoms with van der Waals surface area (Å²) in [5, 5.41) is 0.782. The Hall–Kier alpha value is -2.62. The lowest BCUT2D eigenvalue weighted by Gasteiger charge is -2.34. The average molecular weight is 406 g/mol. The summed E-state index contributed by atoms with van der Waals surface area (Å²) < 4.78 is 0. The molecule has 0 radical (unpaired) electrons. The number of nitrogens with zero attached hydrogens (tertiary/aromatic N) is 1. The van der Waals surface area contributed by atoms with Crippen molar-refractivity contribution in [1.29, 1.82) is 0 Å². The first kappa shape index (κ1) is 19.7. The molecule has 0 aliphatic carbocycles. The summed E-state index contributed by atoms with van der Waals surface area (Å²) >= 11 is 6.12. The van der Waals surface area contributed by atoms with E-state index in [1.165, 1.54) is 10.5 Å². The van der Waals surface area contributed by atoms with Crippen molar-refractivity contribution in [2.45, 2.75) is 12.5 Å². The fourth-order valence-electron chi connectivity index (χ4n) is 4.11. The van der Waals surface area contributed by atoms with Gasteiger partial charge in [0, 0.05) is 10.6 Å². The van der Waals surface area contributed by atoms with Crippen molar-refractivity contribution in [3.63, 3.8) is 0 Å². The lowest BCUT2D eigenvalue weighted by Crippen LogP contribution is -3.13. The number of piperazine rings is 1. The number of carbonyl (C=O) groups excluding carboxylic acids is 1. The van der Waals surface area contributed by atoms with E-state index in [0.29, 0.717) is 0 Å². The quantitative estimate of drug-likeness (QED) is 0.691. The largest absolute Gasteiger partial charge is 0.331 e. The number of halogens is 1. The lowest BCUT2D eigenvalue weighted by atomic mass is 9.90. The van der Waals surface area contributed by atoms with Gasteiger partial charge in [0.1, 0.15) is 6.54 Å². The third-order valence-corrected chi connectivity index (χ3v) is 5.87. The monoisotopic (exact) mass is 405 g/mol. The number of quaternary nitrogens is 1. The fourth-order valence-corrected chi connectivity index (χ4v) is 4.32. The van der Waals surface area contributed by atoms with Gasteiger partial charge in [0.15, 0.2) is 0 Å². The Labute approximate surface area is 177 Å². The number of amides is 1. The van der Waals surface area contributed by atoms with Crippen LogP contribution in [0.5, 0.6) is 0 Å². The van der Waals surface area contributed by atoms with Crippen LogP contribution in [-0.2, 0) is 11.3 Å². The van der Waals surface area contributed by atoms with E-state index < -0.39 is 0 Å². The second kappa shape index (κ2) is 9.25. The van der Waals surface area contributed by atoms with Crippen molar-refractivity contribution in [2.24, 2.45) is 0 Å². The predicted octanol–water partition coefficient (Wildman–Crippen LogP) is 3.40. The standard InChI is InChI=1S/C25H25ClN2O/c26-23-13-7-8-20(18-23)19-27-14-16-28(17-15-27)25(29)24(21-9-3-1-4-10-21)22-11-5-2-6-12-22/h1-13,18,24H,14-17,19H2/p+1. The molecule has 0 spiro atoms. The van der Waals surface area contributed by atoms with E-state index in [4.69, 9.17) is 11.6 Å². The number of hydrogen-bond acceptors (Lipinski definition) is 1. The van der Waals surface area contributed by atoms with Crippen LogP contribution >= 0.6 is 11.6 Å². The molecule has 0 atom stereocenters. The summed E-state index contributed by atoms with van der Waals surface area (Å²) in [6.45, 7) is 4.42. The van der Waals surface area contributed by atoms with Gasteiger partial charge < -0.3 is 9.80 Å². The third-order valence-electron chi connectivity index (χ3n) is 5.64. The van der Waals surface area contributed by atoms with Crippen LogP contribution in [-0.4, -0.2) is 37.0 Å². The Bertz CT molecular complexity index is 898. The highest BCUT2D eigenvalue weighted by molar-refractivity contribution is 6.30. The van der Waals surface area contributed by atoms with Crippen LogP contribution in [0.25, 0.3) is 0 Å².